The Morgan fingerprint density at radius 2 is 2.11 bits per heavy atom. The maximum Gasteiger partial charge on any atom is 0.338 e. The molecule has 1 N–H and O–H groups in total. The van der Waals surface area contributed by atoms with Crippen LogP contribution in [-0.2, 0) is 6.54 Å². The molecule has 4 heteroatoms. The van der Waals surface area contributed by atoms with Crippen molar-refractivity contribution < 1.29 is 14.3 Å². The third-order valence-electron chi connectivity index (χ3n) is 3.55. The van der Waals surface area contributed by atoms with Crippen LogP contribution in [0.1, 0.15) is 35.7 Å². The van der Waals surface area contributed by atoms with Gasteiger partial charge in [-0.2, -0.15) is 0 Å². The Morgan fingerprint density at radius 1 is 1.44 bits per heavy atom. The molecule has 1 aliphatic heterocycles. The van der Waals surface area contributed by atoms with Crippen LogP contribution in [-0.4, -0.2) is 29.1 Å². The number of halogens is 1. The molecule has 0 saturated carbocycles. The highest BCUT2D eigenvalue weighted by atomic mass is 19.1. The summed E-state index contributed by atoms with van der Waals surface area (Å²) < 4.78 is 13.5. The molecular weight excluding hydrogens is 233 g/mol. The third-order valence-corrected chi connectivity index (χ3v) is 3.55. The zero-order valence-corrected chi connectivity index (χ0v) is 10.5. The van der Waals surface area contributed by atoms with Gasteiger partial charge in [-0.3, -0.25) is 4.90 Å². The maximum atomic E-state index is 13.5. The van der Waals surface area contributed by atoms with Gasteiger partial charge in [-0.15, -0.1) is 0 Å². The number of carboxylic acids is 1. The first-order valence-corrected chi connectivity index (χ1v) is 6.30. The minimum Gasteiger partial charge on any atom is -0.478 e. The lowest BCUT2D eigenvalue weighted by Crippen LogP contribution is -2.32. The number of rotatable bonds is 3. The minimum absolute atomic E-state index is 0.258. The quantitative estimate of drug-likeness (QED) is 0.898. The van der Waals surface area contributed by atoms with Gasteiger partial charge < -0.3 is 5.11 Å². The lowest BCUT2D eigenvalue weighted by molar-refractivity contribution is 0.0692. The molecular formula is C14H18FNO2. The number of aromatic carboxylic acids is 1. The van der Waals surface area contributed by atoms with Crippen molar-refractivity contribution in [1.82, 2.24) is 4.90 Å². The lowest BCUT2D eigenvalue weighted by Gasteiger charge is -2.30. The zero-order chi connectivity index (χ0) is 13.1. The molecule has 1 aliphatic rings. The van der Waals surface area contributed by atoms with E-state index in [1.165, 1.54) is 25.0 Å². The first kappa shape index (κ1) is 13.0. The fourth-order valence-corrected chi connectivity index (χ4v) is 2.31. The van der Waals surface area contributed by atoms with E-state index in [1.807, 2.05) is 0 Å². The van der Waals surface area contributed by atoms with Crippen molar-refractivity contribution in [1.29, 1.82) is 0 Å². The molecule has 1 aromatic carbocycles. The van der Waals surface area contributed by atoms with Crippen molar-refractivity contribution in [3.8, 4) is 0 Å². The van der Waals surface area contributed by atoms with Gasteiger partial charge >= 0.3 is 5.97 Å². The van der Waals surface area contributed by atoms with Gasteiger partial charge in [-0.25, -0.2) is 9.18 Å². The van der Waals surface area contributed by atoms with Gasteiger partial charge in [0.15, 0.2) is 0 Å². The van der Waals surface area contributed by atoms with E-state index in [1.54, 1.807) is 6.07 Å². The fourth-order valence-electron chi connectivity index (χ4n) is 2.31. The summed E-state index contributed by atoms with van der Waals surface area (Å²) in [7, 11) is 0. The molecule has 0 radical (unpaired) electrons. The topological polar surface area (TPSA) is 40.5 Å². The molecule has 0 aliphatic carbocycles. The summed E-state index contributed by atoms with van der Waals surface area (Å²) in [5, 5.41) is 8.76. The second-order valence-electron chi connectivity index (χ2n) is 5.08. The second-order valence-corrected chi connectivity index (χ2v) is 5.08. The SMILES string of the molecule is CC1CCN(Cc2ccc(C(=O)O)c(F)c2)CC1. The van der Waals surface area contributed by atoms with Crippen LogP contribution in [0.2, 0.25) is 0 Å². The first-order chi connectivity index (χ1) is 8.56. The average Bonchev–Trinajstić information content (AvgIpc) is 2.32. The number of benzene rings is 1. The standard InChI is InChI=1S/C14H18FNO2/c1-10-4-6-16(7-5-10)9-11-2-3-12(14(17)18)13(15)8-11/h2-3,8,10H,4-7,9H2,1H3,(H,17,18). The predicted molar refractivity (Wildman–Crippen MR) is 67.0 cm³/mol. The van der Waals surface area contributed by atoms with Crippen molar-refractivity contribution in [2.24, 2.45) is 5.92 Å². The molecule has 0 spiro atoms. The van der Waals surface area contributed by atoms with E-state index in [2.05, 4.69) is 11.8 Å². The summed E-state index contributed by atoms with van der Waals surface area (Å²) in [6.45, 7) is 5.01. The molecule has 1 aromatic rings. The monoisotopic (exact) mass is 251 g/mol. The molecule has 0 aromatic heterocycles. The predicted octanol–water partition coefficient (Wildman–Crippen LogP) is 2.76. The van der Waals surface area contributed by atoms with E-state index in [4.69, 9.17) is 5.11 Å². The van der Waals surface area contributed by atoms with Crippen LogP contribution >= 0.6 is 0 Å². The Labute approximate surface area is 106 Å². The van der Waals surface area contributed by atoms with Gasteiger partial charge in [0.05, 0.1) is 5.56 Å². The summed E-state index contributed by atoms with van der Waals surface area (Å²) in [5.41, 5.74) is 0.582. The molecule has 18 heavy (non-hydrogen) atoms. The molecule has 1 heterocycles. The van der Waals surface area contributed by atoms with E-state index in [9.17, 15) is 9.18 Å². The van der Waals surface area contributed by atoms with Crippen molar-refractivity contribution in [3.05, 3.63) is 35.1 Å². The van der Waals surface area contributed by atoms with Crippen molar-refractivity contribution in [2.45, 2.75) is 26.3 Å². The zero-order valence-electron chi connectivity index (χ0n) is 10.5. The fraction of sp³-hybridized carbons (Fsp3) is 0.500. The van der Waals surface area contributed by atoms with E-state index in [0.717, 1.165) is 24.6 Å². The van der Waals surface area contributed by atoms with Crippen molar-refractivity contribution in [2.75, 3.05) is 13.1 Å². The highest BCUT2D eigenvalue weighted by Gasteiger charge is 2.17. The Morgan fingerprint density at radius 3 is 2.67 bits per heavy atom. The lowest BCUT2D eigenvalue weighted by atomic mass is 9.99. The average molecular weight is 251 g/mol. The first-order valence-electron chi connectivity index (χ1n) is 6.30. The highest BCUT2D eigenvalue weighted by molar-refractivity contribution is 5.87. The van der Waals surface area contributed by atoms with Crippen molar-refractivity contribution in [3.63, 3.8) is 0 Å². The molecule has 98 valence electrons. The van der Waals surface area contributed by atoms with Gasteiger partial charge in [-0.05, 0) is 49.5 Å². The summed E-state index contributed by atoms with van der Waals surface area (Å²) in [6, 6.07) is 4.38. The molecule has 0 atom stereocenters. The van der Waals surface area contributed by atoms with E-state index >= 15 is 0 Å². The van der Waals surface area contributed by atoms with Gasteiger partial charge in [0.25, 0.3) is 0 Å². The number of likely N-dealkylation sites (tertiary alicyclic amines) is 1. The van der Waals surface area contributed by atoms with Gasteiger partial charge in [0, 0.05) is 6.54 Å². The smallest absolute Gasteiger partial charge is 0.338 e. The van der Waals surface area contributed by atoms with Gasteiger partial charge in [0.1, 0.15) is 5.82 Å². The molecule has 3 nitrogen and oxygen atoms in total. The molecule has 2 rings (SSSR count). The molecule has 1 fully saturated rings. The Hall–Kier alpha value is -1.42. The molecule has 1 saturated heterocycles. The maximum absolute atomic E-state index is 13.5. The number of carbonyl (C=O) groups is 1. The summed E-state index contributed by atoms with van der Waals surface area (Å²) in [6.07, 6.45) is 2.35. The Kier molecular flexibility index (Phi) is 3.97. The Balaban J connectivity index is 2.02. The number of piperidine rings is 1. The van der Waals surface area contributed by atoms with Crippen LogP contribution in [0.3, 0.4) is 0 Å². The normalized spacial score (nSPS) is 17.9. The van der Waals surface area contributed by atoms with Crippen LogP contribution in [0.4, 0.5) is 4.39 Å². The number of carboxylic acid groups (broad SMARTS) is 1. The molecule has 0 bridgehead atoms. The number of nitrogens with zero attached hydrogens (tertiary/aromatic N) is 1. The van der Waals surface area contributed by atoms with E-state index < -0.39 is 11.8 Å². The molecule has 0 amide bonds. The second kappa shape index (κ2) is 5.48. The summed E-state index contributed by atoms with van der Waals surface area (Å²) in [5.74, 6) is -1.09. The van der Waals surface area contributed by atoms with E-state index in [-0.39, 0.29) is 5.56 Å². The van der Waals surface area contributed by atoms with Gasteiger partial charge in [-0.1, -0.05) is 13.0 Å². The third kappa shape index (κ3) is 3.07. The van der Waals surface area contributed by atoms with Crippen molar-refractivity contribution >= 4 is 5.97 Å². The summed E-state index contributed by atoms with van der Waals surface area (Å²) >= 11 is 0. The van der Waals surface area contributed by atoms with Crippen LogP contribution in [0.15, 0.2) is 18.2 Å². The van der Waals surface area contributed by atoms with Crippen LogP contribution in [0.5, 0.6) is 0 Å². The highest BCUT2D eigenvalue weighted by Crippen LogP contribution is 2.19. The summed E-state index contributed by atoms with van der Waals surface area (Å²) in [4.78, 5) is 13.0. The molecule has 0 unspecified atom stereocenters. The Bertz CT molecular complexity index is 439. The number of hydrogen-bond acceptors (Lipinski definition) is 2. The van der Waals surface area contributed by atoms with Gasteiger partial charge in [0.2, 0.25) is 0 Å². The number of hydrogen-bond donors (Lipinski definition) is 1. The largest absolute Gasteiger partial charge is 0.478 e. The van der Waals surface area contributed by atoms with Crippen LogP contribution in [0, 0.1) is 11.7 Å². The minimum atomic E-state index is -1.22. The van der Waals surface area contributed by atoms with Crippen LogP contribution < -0.4 is 0 Å². The van der Waals surface area contributed by atoms with E-state index in [0.29, 0.717) is 6.54 Å². The van der Waals surface area contributed by atoms with Crippen LogP contribution in [0.25, 0.3) is 0 Å².